The summed E-state index contributed by atoms with van der Waals surface area (Å²) in [6.45, 7) is 1.82. The number of methoxy groups -OCH3 is 2. The summed E-state index contributed by atoms with van der Waals surface area (Å²) in [4.78, 5) is 12.1. The third kappa shape index (κ3) is 3.36. The van der Waals surface area contributed by atoms with Gasteiger partial charge in [-0.15, -0.1) is 0 Å². The fourth-order valence-electron chi connectivity index (χ4n) is 2.13. The maximum atomic E-state index is 13.6. The van der Waals surface area contributed by atoms with Crippen LogP contribution in [0.3, 0.4) is 0 Å². The Morgan fingerprint density at radius 2 is 1.77 bits per heavy atom. The van der Waals surface area contributed by atoms with Gasteiger partial charge in [-0.2, -0.15) is 0 Å². The number of nitrogens with one attached hydrogen (secondary N) is 1. The molecule has 22 heavy (non-hydrogen) atoms. The van der Waals surface area contributed by atoms with Crippen molar-refractivity contribution in [3.63, 3.8) is 0 Å². The molecule has 1 N–H and O–H groups in total. The van der Waals surface area contributed by atoms with Gasteiger partial charge in [-0.3, -0.25) is 4.79 Å². The lowest BCUT2D eigenvalue weighted by Crippen LogP contribution is -2.27. The summed E-state index contributed by atoms with van der Waals surface area (Å²) in [5.74, 6) is 0.186. The van der Waals surface area contributed by atoms with Crippen molar-refractivity contribution < 1.29 is 18.7 Å². The predicted molar refractivity (Wildman–Crippen MR) is 81.8 cm³/mol. The lowest BCUT2D eigenvalue weighted by Gasteiger charge is -2.16. The Morgan fingerprint density at radius 1 is 1.09 bits per heavy atom. The first-order valence-corrected chi connectivity index (χ1v) is 6.84. The monoisotopic (exact) mass is 303 g/mol. The molecule has 0 radical (unpaired) electrons. The molecule has 1 unspecified atom stereocenters. The molecule has 2 aromatic rings. The third-order valence-electron chi connectivity index (χ3n) is 3.37. The minimum Gasteiger partial charge on any atom is -0.493 e. The summed E-state index contributed by atoms with van der Waals surface area (Å²) in [6.07, 6.45) is 0. The minimum atomic E-state index is -0.542. The molecule has 5 heteroatoms. The topological polar surface area (TPSA) is 47.6 Å². The van der Waals surface area contributed by atoms with Gasteiger partial charge in [0.2, 0.25) is 0 Å². The Hall–Kier alpha value is -2.56. The molecular weight excluding hydrogens is 285 g/mol. The summed E-state index contributed by atoms with van der Waals surface area (Å²) in [7, 11) is 3.10. The van der Waals surface area contributed by atoms with Crippen molar-refractivity contribution in [1.29, 1.82) is 0 Å². The molecule has 1 amide bonds. The number of benzene rings is 2. The standard InChI is InChI=1S/C17H18FNO3/c1-11(12-8-9-15(21-2)16(10-12)22-3)19-17(20)13-6-4-5-7-14(13)18/h4-11H,1-3H3,(H,19,20). The van der Waals surface area contributed by atoms with E-state index >= 15 is 0 Å². The van der Waals surface area contributed by atoms with E-state index in [1.54, 1.807) is 38.5 Å². The van der Waals surface area contributed by atoms with Gasteiger partial charge in [-0.05, 0) is 36.8 Å². The summed E-state index contributed by atoms with van der Waals surface area (Å²) >= 11 is 0. The molecule has 2 aromatic carbocycles. The highest BCUT2D eigenvalue weighted by Crippen LogP contribution is 2.29. The minimum absolute atomic E-state index is 0.0230. The first kappa shape index (κ1) is 15.8. The number of hydrogen-bond acceptors (Lipinski definition) is 3. The summed E-state index contributed by atoms with van der Waals surface area (Å²) in [5, 5.41) is 2.77. The molecule has 0 aromatic heterocycles. The SMILES string of the molecule is COc1ccc(C(C)NC(=O)c2ccccc2F)cc1OC. The fourth-order valence-corrected chi connectivity index (χ4v) is 2.13. The van der Waals surface area contributed by atoms with Crippen molar-refractivity contribution >= 4 is 5.91 Å². The van der Waals surface area contributed by atoms with Gasteiger partial charge in [0.25, 0.3) is 5.91 Å². The molecule has 0 aliphatic heterocycles. The summed E-state index contributed by atoms with van der Waals surface area (Å²) in [6, 6.07) is 11.0. The Labute approximate surface area is 128 Å². The third-order valence-corrected chi connectivity index (χ3v) is 3.37. The van der Waals surface area contributed by atoms with Crippen molar-refractivity contribution in [2.45, 2.75) is 13.0 Å². The van der Waals surface area contributed by atoms with Crippen LogP contribution in [-0.4, -0.2) is 20.1 Å². The largest absolute Gasteiger partial charge is 0.493 e. The summed E-state index contributed by atoms with van der Waals surface area (Å²) < 4.78 is 24.0. The molecule has 0 aliphatic carbocycles. The van der Waals surface area contributed by atoms with Crippen LogP contribution in [0.1, 0.15) is 28.9 Å². The van der Waals surface area contributed by atoms with Gasteiger partial charge in [0.15, 0.2) is 11.5 Å². The van der Waals surface area contributed by atoms with E-state index in [0.29, 0.717) is 11.5 Å². The molecule has 0 aliphatic rings. The second-order valence-electron chi connectivity index (χ2n) is 4.79. The van der Waals surface area contributed by atoms with Gasteiger partial charge in [0, 0.05) is 0 Å². The highest BCUT2D eigenvalue weighted by molar-refractivity contribution is 5.94. The number of hydrogen-bond donors (Lipinski definition) is 1. The Kier molecular flexibility index (Phi) is 4.99. The van der Waals surface area contributed by atoms with Gasteiger partial charge < -0.3 is 14.8 Å². The Bertz CT molecular complexity index is 673. The maximum Gasteiger partial charge on any atom is 0.254 e. The molecular formula is C17H18FNO3. The van der Waals surface area contributed by atoms with E-state index in [4.69, 9.17) is 9.47 Å². The Morgan fingerprint density at radius 3 is 2.41 bits per heavy atom. The normalized spacial score (nSPS) is 11.6. The van der Waals surface area contributed by atoms with Crippen molar-refractivity contribution in [3.05, 3.63) is 59.4 Å². The van der Waals surface area contributed by atoms with Crippen molar-refractivity contribution in [3.8, 4) is 11.5 Å². The number of ether oxygens (including phenoxy) is 2. The fraction of sp³-hybridized carbons (Fsp3) is 0.235. The number of amides is 1. The van der Waals surface area contributed by atoms with Gasteiger partial charge >= 0.3 is 0 Å². The first-order chi connectivity index (χ1) is 10.6. The van der Waals surface area contributed by atoms with Crippen molar-refractivity contribution in [2.24, 2.45) is 0 Å². The van der Waals surface area contributed by atoms with E-state index in [2.05, 4.69) is 5.32 Å². The van der Waals surface area contributed by atoms with E-state index in [9.17, 15) is 9.18 Å². The van der Waals surface area contributed by atoms with Gasteiger partial charge in [-0.1, -0.05) is 18.2 Å². The zero-order valence-electron chi connectivity index (χ0n) is 12.7. The van der Waals surface area contributed by atoms with Gasteiger partial charge in [-0.25, -0.2) is 4.39 Å². The molecule has 0 saturated heterocycles. The summed E-state index contributed by atoms with van der Waals surface area (Å²) in [5.41, 5.74) is 0.858. The Balaban J connectivity index is 2.17. The molecule has 0 fully saturated rings. The number of carbonyl (C=O) groups excluding carboxylic acids is 1. The number of halogens is 1. The number of carbonyl (C=O) groups is 1. The smallest absolute Gasteiger partial charge is 0.254 e. The second kappa shape index (κ2) is 6.93. The highest BCUT2D eigenvalue weighted by atomic mass is 19.1. The maximum absolute atomic E-state index is 13.6. The van der Waals surface area contributed by atoms with Crippen molar-refractivity contribution in [2.75, 3.05) is 14.2 Å². The van der Waals surface area contributed by atoms with Crippen LogP contribution < -0.4 is 14.8 Å². The van der Waals surface area contributed by atoms with Crippen LogP contribution >= 0.6 is 0 Å². The molecule has 0 spiro atoms. The van der Waals surface area contributed by atoms with Crippen LogP contribution in [0.15, 0.2) is 42.5 Å². The molecule has 4 nitrogen and oxygen atoms in total. The van der Waals surface area contributed by atoms with E-state index in [1.165, 1.54) is 12.1 Å². The van der Waals surface area contributed by atoms with E-state index in [-0.39, 0.29) is 11.6 Å². The molecule has 0 bridgehead atoms. The van der Waals surface area contributed by atoms with Gasteiger partial charge in [0.05, 0.1) is 25.8 Å². The van der Waals surface area contributed by atoms with Crippen LogP contribution in [0, 0.1) is 5.82 Å². The van der Waals surface area contributed by atoms with Gasteiger partial charge in [0.1, 0.15) is 5.82 Å². The van der Waals surface area contributed by atoms with Crippen molar-refractivity contribution in [1.82, 2.24) is 5.32 Å². The van der Waals surface area contributed by atoms with E-state index in [0.717, 1.165) is 5.56 Å². The zero-order chi connectivity index (χ0) is 16.1. The average molecular weight is 303 g/mol. The van der Waals surface area contributed by atoms with Crippen LogP contribution in [0.2, 0.25) is 0 Å². The predicted octanol–water partition coefficient (Wildman–Crippen LogP) is 3.33. The van der Waals surface area contributed by atoms with E-state index in [1.807, 2.05) is 13.0 Å². The first-order valence-electron chi connectivity index (χ1n) is 6.84. The highest BCUT2D eigenvalue weighted by Gasteiger charge is 2.16. The molecule has 0 heterocycles. The number of rotatable bonds is 5. The molecule has 116 valence electrons. The molecule has 2 rings (SSSR count). The lowest BCUT2D eigenvalue weighted by atomic mass is 10.1. The zero-order valence-corrected chi connectivity index (χ0v) is 12.7. The van der Waals surface area contributed by atoms with Crippen LogP contribution in [0.5, 0.6) is 11.5 Å². The lowest BCUT2D eigenvalue weighted by molar-refractivity contribution is 0.0935. The molecule has 0 saturated carbocycles. The van der Waals surface area contributed by atoms with E-state index < -0.39 is 11.7 Å². The quantitative estimate of drug-likeness (QED) is 0.921. The van der Waals surface area contributed by atoms with Crippen LogP contribution in [-0.2, 0) is 0 Å². The van der Waals surface area contributed by atoms with Crippen LogP contribution in [0.4, 0.5) is 4.39 Å². The van der Waals surface area contributed by atoms with Crippen LogP contribution in [0.25, 0.3) is 0 Å². The second-order valence-corrected chi connectivity index (χ2v) is 4.79. The molecule has 1 atom stereocenters. The average Bonchev–Trinajstić information content (AvgIpc) is 2.54.